The molecule has 11 rings (SSSR count). The Morgan fingerprint density at radius 3 is 2.37 bits per heavy atom. The summed E-state index contributed by atoms with van der Waals surface area (Å²) in [6, 6.07) is 13.7. The van der Waals surface area contributed by atoms with Crippen LogP contribution in [0.1, 0.15) is 89.3 Å². The molecule has 17 heteroatoms. The molecule has 63 heavy (non-hydrogen) atoms. The molecule has 0 bridgehead atoms. The van der Waals surface area contributed by atoms with E-state index in [1.807, 2.05) is 49.7 Å². The largest absolute Gasteiger partial charge is 0.438 e. The first-order valence-electron chi connectivity index (χ1n) is 21.3. The summed E-state index contributed by atoms with van der Waals surface area (Å²) in [5, 5.41) is 14.7. The Balaban J connectivity index is 1.07. The number of carbonyl (C=O) groups excluding carboxylic acids is 1. The number of rotatable bonds is 7. The van der Waals surface area contributed by atoms with Crippen LogP contribution in [0.2, 0.25) is 0 Å². The number of ether oxygens (including phenoxy) is 1. The minimum atomic E-state index is -0.987. The van der Waals surface area contributed by atoms with Crippen molar-refractivity contribution in [1.29, 1.82) is 0 Å². The summed E-state index contributed by atoms with van der Waals surface area (Å²) in [6.45, 7) is 8.60. The number of halogens is 2. The fraction of sp³-hybridized carbons (Fsp3) is 0.348. The minimum Gasteiger partial charge on any atom is -0.381 e. The molecule has 1 saturated carbocycles. The molecule has 1 saturated heterocycles. The van der Waals surface area contributed by atoms with Crippen LogP contribution in [-0.2, 0) is 23.7 Å². The van der Waals surface area contributed by atoms with Crippen molar-refractivity contribution in [2.45, 2.75) is 70.9 Å². The zero-order chi connectivity index (χ0) is 43.6. The van der Waals surface area contributed by atoms with E-state index in [0.29, 0.717) is 94.9 Å². The normalized spacial score (nSPS) is 20.3. The molecule has 7 heterocycles. The van der Waals surface area contributed by atoms with Crippen LogP contribution in [0.4, 0.5) is 8.78 Å². The number of benzene rings is 3. The van der Waals surface area contributed by atoms with Crippen molar-refractivity contribution in [3.05, 3.63) is 139 Å². The Hall–Kier alpha value is -6.88. The molecule has 15 nitrogen and oxygen atoms in total. The number of nitrogens with zero attached hydrogens (tertiary/aromatic N) is 9. The Morgan fingerprint density at radius 2 is 1.65 bits per heavy atom. The highest BCUT2D eigenvalue weighted by Gasteiger charge is 2.59. The van der Waals surface area contributed by atoms with Gasteiger partial charge in [-0.2, -0.15) is 10.2 Å². The number of aromatic amines is 1. The Labute approximate surface area is 358 Å². The van der Waals surface area contributed by atoms with Crippen LogP contribution < -0.4 is 11.4 Å². The molecule has 5 aromatic heterocycles. The van der Waals surface area contributed by atoms with E-state index in [2.05, 4.69) is 15.2 Å². The third-order valence-electron chi connectivity index (χ3n) is 13.7. The molecule has 0 radical (unpaired) electrons. The lowest BCUT2D eigenvalue weighted by Gasteiger charge is -2.34. The van der Waals surface area contributed by atoms with Gasteiger partial charge < -0.3 is 14.2 Å². The predicted molar refractivity (Wildman–Crippen MR) is 228 cm³/mol. The summed E-state index contributed by atoms with van der Waals surface area (Å²) in [7, 11) is 1.86. The standard InChI is InChI=1S/C46H44F2N10O5/c1-24-18-31(19-25(2)39(24)47)58-41(56-15-14-55(45(56)61)30-6-8-35-29(20-30)23-49-53(35)5)38-27(4)54(13-10-34(38)51-58)42(59)37-21-33-36(9-7-32(40(33)48)28-11-16-62-17-12-28)57(37)46(22-26(46)3)43-50-44(60)63-52-43/h6-9,14-15,18-21,23,26-28H,10-13,16-17,22H2,1-5H3,(H,50,52,60)/t26-,27-,46-/m0/s1. The van der Waals surface area contributed by atoms with Crippen molar-refractivity contribution in [3.8, 4) is 17.2 Å². The molecule has 3 atom stereocenters. The monoisotopic (exact) mass is 854 g/mol. The van der Waals surface area contributed by atoms with Crippen LogP contribution in [0.25, 0.3) is 39.0 Å². The van der Waals surface area contributed by atoms with Crippen LogP contribution in [0.3, 0.4) is 0 Å². The van der Waals surface area contributed by atoms with Gasteiger partial charge in [-0.15, -0.1) is 0 Å². The van der Waals surface area contributed by atoms with Gasteiger partial charge in [-0.05, 0) is 111 Å². The van der Waals surface area contributed by atoms with Gasteiger partial charge in [-0.3, -0.25) is 28.1 Å². The van der Waals surface area contributed by atoms with Crippen LogP contribution in [0.5, 0.6) is 0 Å². The molecule has 0 unspecified atom stereocenters. The van der Waals surface area contributed by atoms with Crippen molar-refractivity contribution in [2.75, 3.05) is 19.8 Å². The summed E-state index contributed by atoms with van der Waals surface area (Å²) < 4.78 is 50.9. The van der Waals surface area contributed by atoms with Gasteiger partial charge in [-0.1, -0.05) is 18.1 Å². The molecule has 3 aromatic carbocycles. The number of H-pyrrole nitrogens is 1. The van der Waals surface area contributed by atoms with Gasteiger partial charge in [0.05, 0.1) is 40.3 Å². The molecule has 8 aromatic rings. The zero-order valence-electron chi connectivity index (χ0n) is 35.4. The second-order valence-electron chi connectivity index (χ2n) is 17.4. The summed E-state index contributed by atoms with van der Waals surface area (Å²) in [4.78, 5) is 46.9. The second-order valence-corrected chi connectivity index (χ2v) is 17.4. The third-order valence-corrected chi connectivity index (χ3v) is 13.7. The summed E-state index contributed by atoms with van der Waals surface area (Å²) in [6.07, 6.45) is 7.32. The van der Waals surface area contributed by atoms with E-state index in [9.17, 15) is 9.59 Å². The van der Waals surface area contributed by atoms with Crippen LogP contribution >= 0.6 is 0 Å². The second kappa shape index (κ2) is 14.1. The van der Waals surface area contributed by atoms with Crippen molar-refractivity contribution >= 4 is 27.7 Å². The van der Waals surface area contributed by atoms with E-state index in [0.717, 1.165) is 10.9 Å². The maximum atomic E-state index is 16.9. The van der Waals surface area contributed by atoms with Gasteiger partial charge in [0.2, 0.25) is 0 Å². The van der Waals surface area contributed by atoms with Crippen molar-refractivity contribution < 1.29 is 22.8 Å². The van der Waals surface area contributed by atoms with Crippen LogP contribution in [0, 0.1) is 31.4 Å². The Morgan fingerprint density at radius 1 is 0.921 bits per heavy atom. The first-order valence-corrected chi connectivity index (χ1v) is 21.3. The van der Waals surface area contributed by atoms with E-state index in [1.165, 1.54) is 4.57 Å². The first-order chi connectivity index (χ1) is 30.3. The SMILES string of the molecule is Cc1cc(-n2nc3c(c2-n2ccn(-c4ccc5c(cnn5C)c4)c2=O)[C@H](C)N(C(=O)c2cc4c(F)c(C5CCOCC5)ccc4n2[C@@]2(c4noc(=O)[nH]4)C[C@@H]2C)CC3)cc(C)c1F. The van der Waals surface area contributed by atoms with Gasteiger partial charge in [0.15, 0.2) is 5.82 Å². The number of hydrogen-bond acceptors (Lipinski definition) is 8. The number of hydrogen-bond donors (Lipinski definition) is 1. The first kappa shape index (κ1) is 39.0. The number of aryl methyl sites for hydroxylation is 3. The number of nitrogens with one attached hydrogen (secondary N) is 1. The fourth-order valence-electron chi connectivity index (χ4n) is 10.3. The lowest BCUT2D eigenvalue weighted by molar-refractivity contribution is 0.0663. The molecule has 322 valence electrons. The Kier molecular flexibility index (Phi) is 8.71. The quantitative estimate of drug-likeness (QED) is 0.187. The summed E-state index contributed by atoms with van der Waals surface area (Å²) in [5.41, 5.74) is 4.19. The molecule has 3 aliphatic rings. The highest BCUT2D eigenvalue weighted by molar-refractivity contribution is 6.00. The molecule has 2 fully saturated rings. The van der Waals surface area contributed by atoms with Gasteiger partial charge >= 0.3 is 11.4 Å². The molecular formula is C46H44F2N10O5. The van der Waals surface area contributed by atoms with Gasteiger partial charge in [0, 0.05) is 62.0 Å². The highest BCUT2D eigenvalue weighted by Crippen LogP contribution is 2.56. The van der Waals surface area contributed by atoms with Gasteiger partial charge in [0.1, 0.15) is 28.7 Å². The lowest BCUT2D eigenvalue weighted by Crippen LogP contribution is -2.41. The summed E-state index contributed by atoms with van der Waals surface area (Å²) >= 11 is 0. The molecule has 1 amide bonds. The zero-order valence-corrected chi connectivity index (χ0v) is 35.4. The Bertz CT molecular complexity index is 3280. The number of aromatic nitrogens is 9. The molecular weight excluding hydrogens is 811 g/mol. The third kappa shape index (κ3) is 5.77. The molecule has 1 N–H and O–H groups in total. The topological polar surface area (TPSA) is 156 Å². The van der Waals surface area contributed by atoms with E-state index < -0.39 is 23.2 Å². The fourth-order valence-corrected chi connectivity index (χ4v) is 10.3. The number of amides is 1. The highest BCUT2D eigenvalue weighted by atomic mass is 19.1. The smallest absolute Gasteiger partial charge is 0.381 e. The lowest BCUT2D eigenvalue weighted by atomic mass is 9.90. The maximum Gasteiger partial charge on any atom is 0.438 e. The van der Waals surface area contributed by atoms with Crippen molar-refractivity contribution in [2.24, 2.45) is 13.0 Å². The minimum absolute atomic E-state index is 0.0351. The van der Waals surface area contributed by atoms with Gasteiger partial charge in [0.25, 0.3) is 5.91 Å². The van der Waals surface area contributed by atoms with Crippen molar-refractivity contribution in [1.82, 2.24) is 48.3 Å². The van der Waals surface area contributed by atoms with Crippen LogP contribution in [0.15, 0.2) is 81.2 Å². The molecule has 1 aliphatic carbocycles. The van der Waals surface area contributed by atoms with E-state index in [-0.39, 0.29) is 47.3 Å². The predicted octanol–water partition coefficient (Wildman–Crippen LogP) is 6.66. The number of imidazole rings is 1. The van der Waals surface area contributed by atoms with E-state index >= 15 is 13.6 Å². The molecule has 0 spiro atoms. The average Bonchev–Trinajstić information content (AvgIpc) is 3.91. The van der Waals surface area contributed by atoms with Crippen molar-refractivity contribution in [3.63, 3.8) is 0 Å². The average molecular weight is 855 g/mol. The van der Waals surface area contributed by atoms with E-state index in [1.54, 1.807) is 75.5 Å². The summed E-state index contributed by atoms with van der Waals surface area (Å²) in [5.74, 6) is -1.28. The van der Waals surface area contributed by atoms with Crippen LogP contribution in [-0.4, -0.2) is 74.0 Å². The maximum absolute atomic E-state index is 16.9. The number of fused-ring (bicyclic) bond motifs is 3. The number of carbonyl (C=O) groups is 1. The van der Waals surface area contributed by atoms with E-state index in [4.69, 9.17) is 14.4 Å². The molecule has 2 aliphatic heterocycles. The van der Waals surface area contributed by atoms with Gasteiger partial charge in [-0.25, -0.2) is 23.1 Å².